The van der Waals surface area contributed by atoms with Crippen LogP contribution in [0, 0.1) is 0 Å². The number of nitrogens with one attached hydrogen (secondary N) is 1. The predicted molar refractivity (Wildman–Crippen MR) is 287 cm³/mol. The molecule has 3 N–H and O–H groups in total. The van der Waals surface area contributed by atoms with E-state index in [-0.39, 0.29) is 24.9 Å². The van der Waals surface area contributed by atoms with Gasteiger partial charge < -0.3 is 20.3 Å². The predicted octanol–water partition coefficient (Wildman–Crippen LogP) is 17.3. The van der Waals surface area contributed by atoms with Crippen molar-refractivity contribution >= 4 is 11.9 Å². The molecule has 6 nitrogen and oxygen atoms in total. The number of hydrogen-bond acceptors (Lipinski definition) is 5. The lowest BCUT2D eigenvalue weighted by Gasteiger charge is -2.24. The molecular formula is C60H107NO5. The summed E-state index contributed by atoms with van der Waals surface area (Å²) in [7, 11) is 0. The molecular weight excluding hydrogens is 815 g/mol. The van der Waals surface area contributed by atoms with Crippen molar-refractivity contribution in [2.75, 3.05) is 6.61 Å². The molecule has 0 aliphatic rings. The van der Waals surface area contributed by atoms with Gasteiger partial charge in [0.25, 0.3) is 0 Å². The number of carbonyl (C=O) groups is 2. The van der Waals surface area contributed by atoms with E-state index in [4.69, 9.17) is 4.74 Å². The summed E-state index contributed by atoms with van der Waals surface area (Å²) in [5.74, 6) is -0.544. The minimum atomic E-state index is -0.808. The van der Waals surface area contributed by atoms with Crippen LogP contribution in [0.1, 0.15) is 271 Å². The summed E-state index contributed by atoms with van der Waals surface area (Å²) >= 11 is 0. The number of unbranched alkanes of at least 4 members (excludes halogenated alkanes) is 29. The number of allylic oxidation sites excluding steroid dienone is 12. The molecule has 0 saturated carbocycles. The molecule has 0 fully saturated rings. The third-order valence-corrected chi connectivity index (χ3v) is 12.6. The second-order valence-corrected chi connectivity index (χ2v) is 19.0. The molecule has 382 valence electrons. The first-order valence-electron chi connectivity index (χ1n) is 28.2. The Morgan fingerprint density at radius 1 is 0.470 bits per heavy atom. The zero-order valence-electron chi connectivity index (χ0n) is 43.6. The van der Waals surface area contributed by atoms with Crippen LogP contribution in [0.3, 0.4) is 0 Å². The fourth-order valence-corrected chi connectivity index (χ4v) is 8.36. The smallest absolute Gasteiger partial charge is 0.306 e. The fraction of sp³-hybridized carbons (Fsp3) is 0.767. The molecule has 66 heavy (non-hydrogen) atoms. The highest BCUT2D eigenvalue weighted by Crippen LogP contribution is 2.18. The van der Waals surface area contributed by atoms with Gasteiger partial charge in [0.1, 0.15) is 6.10 Å². The lowest BCUT2D eigenvalue weighted by atomic mass is 10.0. The first kappa shape index (κ1) is 63.3. The Hall–Kier alpha value is -2.70. The molecule has 0 aliphatic heterocycles. The second-order valence-electron chi connectivity index (χ2n) is 19.0. The Labute approximate surface area is 409 Å². The minimum Gasteiger partial charge on any atom is -0.462 e. The molecule has 0 radical (unpaired) electrons. The highest BCUT2D eigenvalue weighted by Gasteiger charge is 2.24. The van der Waals surface area contributed by atoms with E-state index < -0.39 is 18.2 Å². The molecule has 0 bridgehead atoms. The number of aliphatic hydroxyl groups excluding tert-OH is 2. The molecule has 0 aromatic carbocycles. The van der Waals surface area contributed by atoms with Crippen molar-refractivity contribution in [3.05, 3.63) is 72.9 Å². The normalized spacial score (nSPS) is 13.7. The lowest BCUT2D eigenvalue weighted by Crippen LogP contribution is -2.46. The van der Waals surface area contributed by atoms with Gasteiger partial charge in [0.05, 0.1) is 25.2 Å². The van der Waals surface area contributed by atoms with Crippen LogP contribution in [-0.2, 0) is 14.3 Å². The van der Waals surface area contributed by atoms with Crippen LogP contribution >= 0.6 is 0 Å². The van der Waals surface area contributed by atoms with Gasteiger partial charge in [-0.05, 0) is 70.6 Å². The number of esters is 1. The Morgan fingerprint density at radius 2 is 0.894 bits per heavy atom. The summed E-state index contributed by atoms with van der Waals surface area (Å²) in [5, 5.41) is 23.8. The van der Waals surface area contributed by atoms with Gasteiger partial charge in [0, 0.05) is 6.42 Å². The molecule has 0 heterocycles. The molecule has 0 aromatic rings. The fourth-order valence-electron chi connectivity index (χ4n) is 8.36. The topological polar surface area (TPSA) is 95.9 Å². The van der Waals surface area contributed by atoms with E-state index in [1.807, 2.05) is 36.5 Å². The molecule has 0 rings (SSSR count). The van der Waals surface area contributed by atoms with E-state index >= 15 is 0 Å². The zero-order chi connectivity index (χ0) is 48.1. The molecule has 3 atom stereocenters. The van der Waals surface area contributed by atoms with Crippen molar-refractivity contribution in [1.82, 2.24) is 5.32 Å². The number of amides is 1. The monoisotopic (exact) mass is 922 g/mol. The summed E-state index contributed by atoms with van der Waals surface area (Å²) in [6.45, 7) is 6.31. The van der Waals surface area contributed by atoms with Gasteiger partial charge in [0.2, 0.25) is 5.91 Å². The quantitative estimate of drug-likeness (QED) is 0.0244. The van der Waals surface area contributed by atoms with Crippen molar-refractivity contribution in [1.29, 1.82) is 0 Å². The summed E-state index contributed by atoms with van der Waals surface area (Å²) in [4.78, 5) is 26.2. The summed E-state index contributed by atoms with van der Waals surface area (Å²) < 4.78 is 5.91. The second kappa shape index (κ2) is 53.3. The van der Waals surface area contributed by atoms with Gasteiger partial charge in [-0.25, -0.2) is 0 Å². The van der Waals surface area contributed by atoms with Gasteiger partial charge in [-0.3, -0.25) is 9.59 Å². The van der Waals surface area contributed by atoms with Gasteiger partial charge in [-0.15, -0.1) is 0 Å². The average Bonchev–Trinajstić information content (AvgIpc) is 3.31. The van der Waals surface area contributed by atoms with Crippen LogP contribution in [0.5, 0.6) is 0 Å². The minimum absolute atomic E-state index is 0.0284. The van der Waals surface area contributed by atoms with E-state index in [2.05, 4.69) is 62.5 Å². The van der Waals surface area contributed by atoms with Crippen molar-refractivity contribution < 1.29 is 24.5 Å². The maximum atomic E-state index is 13.2. The van der Waals surface area contributed by atoms with Crippen LogP contribution in [0.15, 0.2) is 72.9 Å². The molecule has 0 aliphatic carbocycles. The van der Waals surface area contributed by atoms with E-state index in [1.165, 1.54) is 161 Å². The number of ether oxygens (including phenoxy) is 1. The van der Waals surface area contributed by atoms with E-state index in [9.17, 15) is 19.8 Å². The highest BCUT2D eigenvalue weighted by atomic mass is 16.5. The molecule has 0 saturated heterocycles. The standard InChI is InChI=1S/C60H107NO5/c1-4-7-10-13-16-19-22-24-26-28-29-31-33-35-38-41-44-47-50-53-60(65)66-56(51-48-45-42-39-36-21-18-15-12-9-6-3)54-59(64)61-57(55-62)58(63)52-49-46-43-40-37-34-32-30-27-25-23-20-17-14-11-8-5-2/h9,12,15-16,18-19,21,24,26,36,39,42,56-58,62-63H,4-8,10-11,13-14,17,20,22-23,25,27-35,37-38,40-41,43-55H2,1-3H3,(H,61,64)/b12-9+,18-15+,19-16-,26-24-,36-21-,42-39-. The summed E-state index contributed by atoms with van der Waals surface area (Å²) in [5.41, 5.74) is 0. The average molecular weight is 923 g/mol. The number of hydrogen-bond donors (Lipinski definition) is 3. The lowest BCUT2D eigenvalue weighted by molar-refractivity contribution is -0.151. The Bertz CT molecular complexity index is 1220. The van der Waals surface area contributed by atoms with Crippen molar-refractivity contribution in [2.24, 2.45) is 0 Å². The maximum absolute atomic E-state index is 13.2. The summed E-state index contributed by atoms with van der Waals surface area (Å²) in [6.07, 6.45) is 68.4. The van der Waals surface area contributed by atoms with Crippen LogP contribution in [0.2, 0.25) is 0 Å². The van der Waals surface area contributed by atoms with Gasteiger partial charge in [-0.1, -0.05) is 261 Å². The van der Waals surface area contributed by atoms with Gasteiger partial charge in [0.15, 0.2) is 0 Å². The molecule has 0 spiro atoms. The largest absolute Gasteiger partial charge is 0.462 e. The van der Waals surface area contributed by atoms with Crippen LogP contribution < -0.4 is 5.32 Å². The molecule has 6 heteroatoms. The highest BCUT2D eigenvalue weighted by molar-refractivity contribution is 5.77. The molecule has 1 amide bonds. The Morgan fingerprint density at radius 3 is 1.41 bits per heavy atom. The SMILES string of the molecule is CC/C=C/C=C/C=C\C=C/CCCC(CC(=O)NC(CO)C(O)CCCCCCCCCCCCCCCCCCC)OC(=O)CCCCCCCCCCC/C=C\C/C=C\CCCCC. The van der Waals surface area contributed by atoms with Crippen molar-refractivity contribution in [3.63, 3.8) is 0 Å². The Kier molecular flexibility index (Phi) is 51.1. The molecule has 0 aromatic heterocycles. The third kappa shape index (κ3) is 47.8. The van der Waals surface area contributed by atoms with Crippen LogP contribution in [0.25, 0.3) is 0 Å². The third-order valence-electron chi connectivity index (χ3n) is 12.6. The van der Waals surface area contributed by atoms with Crippen LogP contribution in [0.4, 0.5) is 0 Å². The van der Waals surface area contributed by atoms with Crippen molar-refractivity contribution in [2.45, 2.75) is 289 Å². The van der Waals surface area contributed by atoms with Gasteiger partial charge in [-0.2, -0.15) is 0 Å². The Balaban J connectivity index is 4.50. The first-order valence-corrected chi connectivity index (χ1v) is 28.2. The van der Waals surface area contributed by atoms with Crippen LogP contribution in [-0.4, -0.2) is 46.9 Å². The van der Waals surface area contributed by atoms with E-state index in [1.54, 1.807) is 0 Å². The van der Waals surface area contributed by atoms with Crippen molar-refractivity contribution in [3.8, 4) is 0 Å². The maximum Gasteiger partial charge on any atom is 0.306 e. The summed E-state index contributed by atoms with van der Waals surface area (Å²) in [6, 6.07) is -0.726. The first-order chi connectivity index (χ1) is 32.5. The number of aliphatic hydroxyl groups is 2. The van der Waals surface area contributed by atoms with E-state index in [0.717, 1.165) is 64.2 Å². The number of rotatable bonds is 50. The molecule has 3 unspecified atom stereocenters. The number of carbonyl (C=O) groups excluding carboxylic acids is 2. The zero-order valence-corrected chi connectivity index (χ0v) is 43.6. The van der Waals surface area contributed by atoms with E-state index in [0.29, 0.717) is 19.3 Å². The van der Waals surface area contributed by atoms with Gasteiger partial charge >= 0.3 is 5.97 Å².